The molecule has 0 unspecified atom stereocenters. The number of hydrogen-bond donors (Lipinski definition) is 0. The molecular formula is C21H18Cl2N4O2S. The first kappa shape index (κ1) is 22.2. The summed E-state index contributed by atoms with van der Waals surface area (Å²) in [6, 6.07) is 13.4. The van der Waals surface area contributed by atoms with Crippen molar-refractivity contribution in [2.75, 3.05) is 0 Å². The number of allylic oxidation sites excluding steroid dienone is 1. The van der Waals surface area contributed by atoms with E-state index in [0.29, 0.717) is 5.03 Å². The largest absolute Gasteiger partial charge is 0.423 e. The van der Waals surface area contributed by atoms with Gasteiger partial charge in [0.2, 0.25) is 0 Å². The van der Waals surface area contributed by atoms with Crippen LogP contribution in [0, 0.1) is 16.7 Å². The van der Waals surface area contributed by atoms with Crippen LogP contribution in [-0.2, 0) is 16.6 Å². The van der Waals surface area contributed by atoms with E-state index >= 15 is 0 Å². The molecule has 0 saturated heterocycles. The van der Waals surface area contributed by atoms with Crippen molar-refractivity contribution < 1.29 is 9.53 Å². The predicted octanol–water partition coefficient (Wildman–Crippen LogP) is 5.85. The molecule has 0 aliphatic heterocycles. The van der Waals surface area contributed by atoms with Gasteiger partial charge in [0, 0.05) is 12.4 Å². The number of nitrogens with zero attached hydrogens (tertiary/aromatic N) is 4. The van der Waals surface area contributed by atoms with Crippen LogP contribution in [0.2, 0.25) is 10.3 Å². The summed E-state index contributed by atoms with van der Waals surface area (Å²) in [5.74, 6) is -0.575. The Morgan fingerprint density at radius 3 is 2.50 bits per heavy atom. The number of ether oxygens (including phenoxy) is 1. The summed E-state index contributed by atoms with van der Waals surface area (Å²) in [5, 5.41) is 15.6. The summed E-state index contributed by atoms with van der Waals surface area (Å²) < 4.78 is 6.98. The standard InChI is InChI=1S/C21H18Cl2N4O2S/c1-21(2,3)20(28)29-17(16-18(22)26-27(4)19(16)23)14(11-24)30-15-10-9-12-7-5-6-8-13(12)25-15/h5-10H,1-4H3/b17-14-. The molecule has 2 aromatic heterocycles. The van der Waals surface area contributed by atoms with Gasteiger partial charge in [-0.05, 0) is 32.9 Å². The van der Waals surface area contributed by atoms with Crippen LogP contribution >= 0.6 is 35.0 Å². The van der Waals surface area contributed by atoms with E-state index in [1.807, 2.05) is 30.3 Å². The quantitative estimate of drug-likeness (QED) is 0.210. The van der Waals surface area contributed by atoms with Crippen LogP contribution in [0.25, 0.3) is 16.7 Å². The number of hydrogen-bond acceptors (Lipinski definition) is 6. The van der Waals surface area contributed by atoms with Crippen molar-refractivity contribution in [1.82, 2.24) is 14.8 Å². The van der Waals surface area contributed by atoms with Gasteiger partial charge < -0.3 is 4.74 Å². The van der Waals surface area contributed by atoms with E-state index in [-0.39, 0.29) is 26.5 Å². The number of pyridine rings is 1. The van der Waals surface area contributed by atoms with Gasteiger partial charge in [-0.25, -0.2) is 4.98 Å². The Hall–Kier alpha value is -2.53. The van der Waals surface area contributed by atoms with E-state index in [9.17, 15) is 10.1 Å². The SMILES string of the molecule is Cn1nc(Cl)c(/C(OC(=O)C(C)(C)C)=C(\C#N)Sc2ccc3ccccc3n2)c1Cl. The molecule has 2 heterocycles. The highest BCUT2D eigenvalue weighted by molar-refractivity contribution is 8.03. The summed E-state index contributed by atoms with van der Waals surface area (Å²) in [4.78, 5) is 17.3. The zero-order chi connectivity index (χ0) is 22.1. The number of thioether (sulfide) groups is 1. The van der Waals surface area contributed by atoms with Crippen LogP contribution in [-0.4, -0.2) is 20.7 Å². The Balaban J connectivity index is 2.13. The molecule has 0 saturated carbocycles. The first-order chi connectivity index (χ1) is 14.1. The third kappa shape index (κ3) is 4.62. The monoisotopic (exact) mass is 460 g/mol. The average Bonchev–Trinajstić information content (AvgIpc) is 2.95. The average molecular weight is 461 g/mol. The van der Waals surface area contributed by atoms with Gasteiger partial charge in [0.05, 0.1) is 16.5 Å². The van der Waals surface area contributed by atoms with Gasteiger partial charge in [-0.15, -0.1) is 0 Å². The van der Waals surface area contributed by atoms with Crippen LogP contribution in [0.15, 0.2) is 46.3 Å². The van der Waals surface area contributed by atoms with Crippen molar-refractivity contribution in [3.05, 3.63) is 57.2 Å². The number of rotatable bonds is 4. The Bertz CT molecular complexity index is 1210. The Morgan fingerprint density at radius 1 is 1.20 bits per heavy atom. The summed E-state index contributed by atoms with van der Waals surface area (Å²) in [6.07, 6.45) is 0. The van der Waals surface area contributed by atoms with Crippen molar-refractivity contribution >= 4 is 57.6 Å². The van der Waals surface area contributed by atoms with Crippen LogP contribution in [0.5, 0.6) is 0 Å². The zero-order valence-electron chi connectivity index (χ0n) is 16.7. The van der Waals surface area contributed by atoms with Crippen LogP contribution < -0.4 is 0 Å². The molecule has 9 heteroatoms. The number of aromatic nitrogens is 3. The molecule has 0 fully saturated rings. The molecule has 154 valence electrons. The van der Waals surface area contributed by atoms with Crippen molar-refractivity contribution in [1.29, 1.82) is 5.26 Å². The normalized spacial score (nSPS) is 12.4. The molecule has 30 heavy (non-hydrogen) atoms. The second-order valence-corrected chi connectivity index (χ2v) is 9.18. The Labute approximate surface area is 188 Å². The first-order valence-corrected chi connectivity index (χ1v) is 10.5. The minimum absolute atomic E-state index is 0.0269. The smallest absolute Gasteiger partial charge is 0.316 e. The van der Waals surface area contributed by atoms with Gasteiger partial charge >= 0.3 is 5.97 Å². The third-order valence-electron chi connectivity index (χ3n) is 4.06. The van der Waals surface area contributed by atoms with E-state index in [2.05, 4.69) is 16.2 Å². The number of halogens is 2. The second kappa shape index (κ2) is 8.68. The highest BCUT2D eigenvalue weighted by Gasteiger charge is 2.30. The minimum Gasteiger partial charge on any atom is -0.423 e. The van der Waals surface area contributed by atoms with Crippen molar-refractivity contribution in [2.45, 2.75) is 25.8 Å². The second-order valence-electron chi connectivity index (χ2n) is 7.43. The fourth-order valence-electron chi connectivity index (χ4n) is 2.45. The van der Waals surface area contributed by atoms with Gasteiger partial charge in [-0.3, -0.25) is 9.48 Å². The van der Waals surface area contributed by atoms with E-state index in [1.165, 1.54) is 4.68 Å². The highest BCUT2D eigenvalue weighted by atomic mass is 35.5. The van der Waals surface area contributed by atoms with Gasteiger partial charge in [0.25, 0.3) is 0 Å². The number of benzene rings is 1. The summed E-state index contributed by atoms with van der Waals surface area (Å²) in [6.45, 7) is 5.14. The zero-order valence-corrected chi connectivity index (χ0v) is 19.1. The molecule has 0 spiro atoms. The molecular weight excluding hydrogens is 443 g/mol. The summed E-state index contributed by atoms with van der Waals surface area (Å²) >= 11 is 13.7. The third-order valence-corrected chi connectivity index (χ3v) is 5.67. The number of aryl methyl sites for hydroxylation is 1. The Kier molecular flexibility index (Phi) is 6.41. The number of carbonyl (C=O) groups is 1. The lowest BCUT2D eigenvalue weighted by Crippen LogP contribution is -2.22. The molecule has 0 aliphatic carbocycles. The number of para-hydroxylation sites is 1. The molecule has 0 bridgehead atoms. The van der Waals surface area contributed by atoms with E-state index in [4.69, 9.17) is 27.9 Å². The minimum atomic E-state index is -0.807. The lowest BCUT2D eigenvalue weighted by Gasteiger charge is -2.18. The molecule has 3 rings (SSSR count). The number of esters is 1. The molecule has 0 N–H and O–H groups in total. The first-order valence-electron chi connectivity index (χ1n) is 8.90. The van der Waals surface area contributed by atoms with Crippen molar-refractivity contribution in [3.63, 3.8) is 0 Å². The van der Waals surface area contributed by atoms with E-state index in [1.54, 1.807) is 33.9 Å². The topological polar surface area (TPSA) is 80.8 Å². The molecule has 1 aromatic carbocycles. The molecule has 6 nitrogen and oxygen atoms in total. The summed E-state index contributed by atoms with van der Waals surface area (Å²) in [7, 11) is 1.60. The molecule has 0 atom stereocenters. The van der Waals surface area contributed by atoms with Gasteiger partial charge in [-0.1, -0.05) is 59.2 Å². The molecule has 3 aromatic rings. The van der Waals surface area contributed by atoms with Crippen molar-refractivity contribution in [2.24, 2.45) is 12.5 Å². The van der Waals surface area contributed by atoms with Gasteiger partial charge in [-0.2, -0.15) is 10.4 Å². The van der Waals surface area contributed by atoms with E-state index < -0.39 is 11.4 Å². The lowest BCUT2D eigenvalue weighted by atomic mass is 9.97. The van der Waals surface area contributed by atoms with Crippen LogP contribution in [0.3, 0.4) is 0 Å². The van der Waals surface area contributed by atoms with E-state index in [0.717, 1.165) is 22.7 Å². The fraction of sp³-hybridized carbons (Fsp3) is 0.238. The number of fused-ring (bicyclic) bond motifs is 1. The maximum atomic E-state index is 12.6. The summed E-state index contributed by atoms with van der Waals surface area (Å²) in [5.41, 5.74) is 0.160. The predicted molar refractivity (Wildman–Crippen MR) is 119 cm³/mol. The number of nitriles is 1. The fourth-order valence-corrected chi connectivity index (χ4v) is 3.77. The Morgan fingerprint density at radius 2 is 1.90 bits per heavy atom. The highest BCUT2D eigenvalue weighted by Crippen LogP contribution is 2.39. The van der Waals surface area contributed by atoms with Crippen LogP contribution in [0.4, 0.5) is 0 Å². The molecule has 0 radical (unpaired) electrons. The maximum Gasteiger partial charge on any atom is 0.316 e. The molecule has 0 amide bonds. The maximum absolute atomic E-state index is 12.6. The lowest BCUT2D eigenvalue weighted by molar-refractivity contribution is -0.145. The van der Waals surface area contributed by atoms with Crippen molar-refractivity contribution in [3.8, 4) is 6.07 Å². The molecule has 0 aliphatic rings. The van der Waals surface area contributed by atoms with Crippen LogP contribution in [0.1, 0.15) is 26.3 Å². The number of carbonyl (C=O) groups excluding carboxylic acids is 1. The van der Waals surface area contributed by atoms with Gasteiger partial charge in [0.1, 0.15) is 21.2 Å². The van der Waals surface area contributed by atoms with Gasteiger partial charge in [0.15, 0.2) is 10.9 Å².